The summed E-state index contributed by atoms with van der Waals surface area (Å²) in [6.07, 6.45) is 2.93. The Morgan fingerprint density at radius 1 is 0.917 bits per heavy atom. The van der Waals surface area contributed by atoms with E-state index in [0.717, 1.165) is 34.5 Å². The van der Waals surface area contributed by atoms with E-state index < -0.39 is 0 Å². The summed E-state index contributed by atoms with van der Waals surface area (Å²) < 4.78 is 0. The lowest BCUT2D eigenvalue weighted by atomic mass is 10.00. The summed E-state index contributed by atoms with van der Waals surface area (Å²) in [7, 11) is 0. The Balaban J connectivity index is 0.00000169. The van der Waals surface area contributed by atoms with Gasteiger partial charge in [0.1, 0.15) is 5.66 Å². The van der Waals surface area contributed by atoms with E-state index in [2.05, 4.69) is 49.2 Å². The van der Waals surface area contributed by atoms with Crippen LogP contribution in [-0.4, -0.2) is 22.1 Å². The lowest BCUT2D eigenvalue weighted by Gasteiger charge is -2.13. The topological polar surface area (TPSA) is 40.5 Å². The quantitative estimate of drug-likeness (QED) is 0.698. The van der Waals surface area contributed by atoms with Crippen LogP contribution in [0.25, 0.3) is 10.9 Å². The van der Waals surface area contributed by atoms with Crippen LogP contribution in [0.1, 0.15) is 31.4 Å². The number of rotatable bonds is 3. The summed E-state index contributed by atoms with van der Waals surface area (Å²) in [5, 5.41) is 1.19. The number of hydrogen-bond acceptors (Lipinski definition) is 2. The number of para-hydroxylation sites is 1. The van der Waals surface area contributed by atoms with Crippen molar-refractivity contribution in [2.75, 3.05) is 0 Å². The maximum Gasteiger partial charge on any atom is 0.148 e. The molecule has 2 aromatic carbocycles. The third-order valence-corrected chi connectivity index (χ3v) is 4.49. The lowest BCUT2D eigenvalue weighted by Crippen LogP contribution is -2.14. The Kier molecular flexibility index (Phi) is 4.29. The molecule has 1 atom stereocenters. The molecule has 1 aliphatic heterocycles. The number of nitrogens with zero attached hydrogens (tertiary/aromatic N) is 2. The van der Waals surface area contributed by atoms with Crippen molar-refractivity contribution in [3.8, 4) is 0 Å². The summed E-state index contributed by atoms with van der Waals surface area (Å²) in [5.74, 6) is 0. The van der Waals surface area contributed by atoms with Crippen LogP contribution in [0, 0.1) is 0 Å². The van der Waals surface area contributed by atoms with Crippen LogP contribution < -0.4 is 0 Å². The number of H-pyrrole nitrogens is 1. The fourth-order valence-electron chi connectivity index (χ4n) is 3.02. The van der Waals surface area contributed by atoms with E-state index in [-0.39, 0.29) is 18.1 Å². The van der Waals surface area contributed by atoms with Crippen molar-refractivity contribution in [2.24, 2.45) is 9.98 Å². The van der Waals surface area contributed by atoms with Gasteiger partial charge in [0.25, 0.3) is 0 Å². The maximum atomic E-state index is 4.98. The molecule has 0 saturated carbocycles. The zero-order chi connectivity index (χ0) is 15.9. The number of halogens is 1. The molecule has 0 fully saturated rings. The van der Waals surface area contributed by atoms with Crippen molar-refractivity contribution in [1.82, 2.24) is 4.98 Å². The molecule has 0 spiro atoms. The van der Waals surface area contributed by atoms with Crippen LogP contribution in [0.3, 0.4) is 0 Å². The molecule has 0 bridgehead atoms. The highest BCUT2D eigenvalue weighted by Crippen LogP contribution is 2.30. The largest absolute Gasteiger partial charge is 0.360 e. The summed E-state index contributed by atoms with van der Waals surface area (Å²) in [6, 6.07) is 18.7. The first-order chi connectivity index (χ1) is 11.2. The highest BCUT2D eigenvalue weighted by Gasteiger charge is 2.32. The Hall–Kier alpha value is -2.39. The van der Waals surface area contributed by atoms with Crippen molar-refractivity contribution < 1.29 is 0 Å². The second-order valence-corrected chi connectivity index (χ2v) is 6.11. The van der Waals surface area contributed by atoms with Gasteiger partial charge < -0.3 is 4.98 Å². The molecular formula is C20H20ClN3. The van der Waals surface area contributed by atoms with Gasteiger partial charge in [-0.25, -0.2) is 0 Å². The third-order valence-electron chi connectivity index (χ3n) is 4.49. The van der Waals surface area contributed by atoms with Gasteiger partial charge in [-0.2, -0.15) is 0 Å². The zero-order valence-corrected chi connectivity index (χ0v) is 14.6. The second-order valence-electron chi connectivity index (χ2n) is 6.11. The van der Waals surface area contributed by atoms with Crippen LogP contribution in [0.5, 0.6) is 0 Å². The molecule has 1 aromatic heterocycles. The Labute approximate surface area is 148 Å². The van der Waals surface area contributed by atoms with Gasteiger partial charge in [-0.15, -0.1) is 12.4 Å². The molecule has 24 heavy (non-hydrogen) atoms. The van der Waals surface area contributed by atoms with E-state index in [1.807, 2.05) is 30.5 Å². The van der Waals surface area contributed by atoms with Crippen molar-refractivity contribution in [3.63, 3.8) is 0 Å². The van der Waals surface area contributed by atoms with Gasteiger partial charge in [-0.3, -0.25) is 9.98 Å². The van der Waals surface area contributed by atoms with Crippen molar-refractivity contribution >= 4 is 34.7 Å². The van der Waals surface area contributed by atoms with E-state index in [9.17, 15) is 0 Å². The smallest absolute Gasteiger partial charge is 0.148 e. The summed E-state index contributed by atoms with van der Waals surface area (Å²) >= 11 is 0. The fourth-order valence-corrected chi connectivity index (χ4v) is 3.02. The van der Waals surface area contributed by atoms with Crippen LogP contribution >= 0.6 is 12.4 Å². The van der Waals surface area contributed by atoms with Gasteiger partial charge in [-0.05, 0) is 19.4 Å². The lowest BCUT2D eigenvalue weighted by molar-refractivity contribution is 0.491. The Bertz CT molecular complexity index is 924. The third kappa shape index (κ3) is 2.65. The number of aromatic amines is 1. The van der Waals surface area contributed by atoms with Gasteiger partial charge in [0.2, 0.25) is 0 Å². The minimum Gasteiger partial charge on any atom is -0.360 e. The SMILES string of the molecule is CCC1(C)N=C(c2ccccc2)C(c2c[nH]c3ccccc23)=N1.Cl. The average molecular weight is 338 g/mol. The molecule has 1 N–H and O–H groups in total. The molecule has 0 radical (unpaired) electrons. The van der Waals surface area contributed by atoms with Crippen molar-refractivity contribution in [3.05, 3.63) is 71.9 Å². The number of aromatic nitrogens is 1. The van der Waals surface area contributed by atoms with Gasteiger partial charge in [0.15, 0.2) is 0 Å². The van der Waals surface area contributed by atoms with E-state index in [1.54, 1.807) is 0 Å². The van der Waals surface area contributed by atoms with E-state index >= 15 is 0 Å². The summed E-state index contributed by atoms with van der Waals surface area (Å²) in [4.78, 5) is 13.3. The van der Waals surface area contributed by atoms with Gasteiger partial charge in [-0.1, -0.05) is 55.5 Å². The van der Waals surface area contributed by atoms with Gasteiger partial charge in [0, 0.05) is 28.2 Å². The first-order valence-electron chi connectivity index (χ1n) is 8.02. The molecule has 1 aliphatic rings. The van der Waals surface area contributed by atoms with Crippen molar-refractivity contribution in [2.45, 2.75) is 25.9 Å². The second kappa shape index (κ2) is 6.25. The van der Waals surface area contributed by atoms with E-state index in [1.165, 1.54) is 5.39 Å². The molecule has 2 heterocycles. The molecule has 0 aliphatic carbocycles. The maximum absolute atomic E-state index is 4.98. The molecule has 4 heteroatoms. The van der Waals surface area contributed by atoms with Gasteiger partial charge >= 0.3 is 0 Å². The molecule has 4 rings (SSSR count). The van der Waals surface area contributed by atoms with Crippen LogP contribution in [-0.2, 0) is 0 Å². The molecule has 3 nitrogen and oxygen atoms in total. The number of benzene rings is 2. The average Bonchev–Trinajstić information content (AvgIpc) is 3.17. The monoisotopic (exact) mass is 337 g/mol. The number of aliphatic imine (C=N–C) groups is 2. The number of fused-ring (bicyclic) bond motifs is 1. The highest BCUT2D eigenvalue weighted by molar-refractivity contribution is 6.56. The number of hydrogen-bond donors (Lipinski definition) is 1. The highest BCUT2D eigenvalue weighted by atomic mass is 35.5. The molecule has 122 valence electrons. The first kappa shape index (κ1) is 16.5. The fraction of sp³-hybridized carbons (Fsp3) is 0.200. The summed E-state index contributed by atoms with van der Waals surface area (Å²) in [6.45, 7) is 4.23. The standard InChI is InChI=1S/C20H19N3.ClH/c1-3-20(2)22-18(14-9-5-4-6-10-14)19(23-20)16-13-21-17-12-8-7-11-15(16)17;/h4-13,21H,3H2,1-2H3;1H. The molecule has 0 amide bonds. The zero-order valence-electron chi connectivity index (χ0n) is 13.8. The minimum atomic E-state index is -0.376. The summed E-state index contributed by atoms with van der Waals surface area (Å²) in [5.41, 5.74) is 4.97. The predicted molar refractivity (Wildman–Crippen MR) is 104 cm³/mol. The Morgan fingerprint density at radius 2 is 1.58 bits per heavy atom. The van der Waals surface area contributed by atoms with E-state index in [0.29, 0.717) is 0 Å². The molecule has 3 aromatic rings. The van der Waals surface area contributed by atoms with Crippen molar-refractivity contribution in [1.29, 1.82) is 0 Å². The van der Waals surface area contributed by atoms with Crippen LogP contribution in [0.2, 0.25) is 0 Å². The van der Waals surface area contributed by atoms with E-state index in [4.69, 9.17) is 9.98 Å². The Morgan fingerprint density at radius 3 is 2.33 bits per heavy atom. The normalized spacial score (nSPS) is 19.8. The molecular weight excluding hydrogens is 318 g/mol. The predicted octanol–water partition coefficient (Wildman–Crippen LogP) is 5.01. The first-order valence-corrected chi connectivity index (χ1v) is 8.02. The number of nitrogens with one attached hydrogen (secondary N) is 1. The molecule has 0 saturated heterocycles. The van der Waals surface area contributed by atoms with Crippen LogP contribution in [0.4, 0.5) is 0 Å². The van der Waals surface area contributed by atoms with Gasteiger partial charge in [0.05, 0.1) is 11.4 Å². The van der Waals surface area contributed by atoms with Crippen LogP contribution in [0.15, 0.2) is 70.8 Å². The minimum absolute atomic E-state index is 0. The molecule has 1 unspecified atom stereocenters.